The van der Waals surface area contributed by atoms with Gasteiger partial charge in [-0.05, 0) is 24.6 Å². The first-order valence-electron chi connectivity index (χ1n) is 9.11. The molecular formula is C20H21ClN4O5S. The van der Waals surface area contributed by atoms with Crippen LogP contribution in [-0.4, -0.2) is 42.9 Å². The van der Waals surface area contributed by atoms with Crippen LogP contribution in [0.4, 0.5) is 10.6 Å². The van der Waals surface area contributed by atoms with Crippen LogP contribution in [0, 0.1) is 0 Å². The molecule has 1 aromatic carbocycles. The molecule has 0 fully saturated rings. The Balaban J connectivity index is 2.00. The number of pyridine rings is 1. The molecule has 2 heterocycles. The van der Waals surface area contributed by atoms with Gasteiger partial charge < -0.3 is 14.8 Å². The molecule has 9 nitrogen and oxygen atoms in total. The molecule has 0 saturated carbocycles. The Morgan fingerprint density at radius 1 is 1.29 bits per heavy atom. The van der Waals surface area contributed by atoms with Gasteiger partial charge in [0, 0.05) is 19.0 Å². The summed E-state index contributed by atoms with van der Waals surface area (Å²) in [6.45, 7) is 1.70. The second kappa shape index (κ2) is 8.56. The Morgan fingerprint density at radius 3 is 2.58 bits per heavy atom. The highest BCUT2D eigenvalue weighted by Crippen LogP contribution is 2.31. The molecule has 31 heavy (non-hydrogen) atoms. The second-order valence-electron chi connectivity index (χ2n) is 7.22. The van der Waals surface area contributed by atoms with Gasteiger partial charge in [-0.3, -0.25) is 4.31 Å². The molecule has 0 aliphatic rings. The molecule has 0 aliphatic heterocycles. The summed E-state index contributed by atoms with van der Waals surface area (Å²) < 4.78 is 30.6. The number of nitrogens with one attached hydrogen (secondary N) is 1. The van der Waals surface area contributed by atoms with Crippen molar-refractivity contribution in [2.45, 2.75) is 18.9 Å². The minimum atomic E-state index is -3.55. The number of carboxylic acid groups (broad SMARTS) is 1. The van der Waals surface area contributed by atoms with Crippen LogP contribution in [0.2, 0.25) is 5.15 Å². The van der Waals surface area contributed by atoms with Crippen molar-refractivity contribution in [2.75, 3.05) is 17.6 Å². The molecule has 3 rings (SSSR count). The van der Waals surface area contributed by atoms with Crippen LogP contribution >= 0.6 is 11.6 Å². The van der Waals surface area contributed by atoms with Crippen molar-refractivity contribution in [2.24, 2.45) is 0 Å². The average Bonchev–Trinajstić information content (AvgIpc) is 3.17. The fourth-order valence-corrected chi connectivity index (χ4v) is 3.67. The quantitative estimate of drug-likeness (QED) is 0.512. The van der Waals surface area contributed by atoms with E-state index in [9.17, 15) is 18.3 Å². The molecule has 1 atom stereocenters. The maximum atomic E-state index is 11.8. The number of hydrogen-bond acceptors (Lipinski definition) is 6. The number of nitrogens with zero attached hydrogens (tertiary/aromatic N) is 3. The number of rotatable bonds is 7. The predicted octanol–water partition coefficient (Wildman–Crippen LogP) is 3.51. The fraction of sp³-hybridized carbons (Fsp3) is 0.250. The van der Waals surface area contributed by atoms with Gasteiger partial charge in [0.2, 0.25) is 15.9 Å². The highest BCUT2D eigenvalue weighted by Gasteiger charge is 2.33. The van der Waals surface area contributed by atoms with Gasteiger partial charge in [-0.2, -0.15) is 0 Å². The first-order valence-corrected chi connectivity index (χ1v) is 11.3. The van der Waals surface area contributed by atoms with E-state index in [-0.39, 0.29) is 16.9 Å². The van der Waals surface area contributed by atoms with Crippen molar-refractivity contribution in [1.82, 2.24) is 15.3 Å². The molecule has 1 amide bonds. The van der Waals surface area contributed by atoms with Crippen LogP contribution in [-0.2, 0) is 22.0 Å². The van der Waals surface area contributed by atoms with E-state index in [1.807, 2.05) is 30.3 Å². The highest BCUT2D eigenvalue weighted by molar-refractivity contribution is 7.92. The third kappa shape index (κ3) is 5.33. The van der Waals surface area contributed by atoms with Gasteiger partial charge in [-0.15, -0.1) is 0 Å². The molecule has 0 spiro atoms. The first kappa shape index (κ1) is 22.6. The van der Waals surface area contributed by atoms with Crippen molar-refractivity contribution in [3.63, 3.8) is 0 Å². The molecule has 3 aromatic rings. The first-order chi connectivity index (χ1) is 14.5. The van der Waals surface area contributed by atoms with Gasteiger partial charge in [0.25, 0.3) is 0 Å². The maximum absolute atomic E-state index is 11.8. The lowest BCUT2D eigenvalue weighted by Gasteiger charge is -2.27. The summed E-state index contributed by atoms with van der Waals surface area (Å²) in [5.41, 5.74) is 0.205. The van der Waals surface area contributed by atoms with Crippen molar-refractivity contribution >= 4 is 33.5 Å². The molecular weight excluding hydrogens is 444 g/mol. The van der Waals surface area contributed by atoms with E-state index in [4.69, 9.17) is 16.0 Å². The zero-order valence-corrected chi connectivity index (χ0v) is 18.6. The van der Waals surface area contributed by atoms with Crippen molar-refractivity contribution in [3.8, 4) is 11.5 Å². The number of oxazole rings is 1. The Morgan fingerprint density at radius 2 is 1.97 bits per heavy atom. The Bertz CT molecular complexity index is 1200. The Labute approximate surface area is 184 Å². The van der Waals surface area contributed by atoms with Crippen LogP contribution < -0.4 is 9.62 Å². The summed E-state index contributed by atoms with van der Waals surface area (Å²) in [6, 6.07) is 12.3. The third-order valence-corrected chi connectivity index (χ3v) is 6.06. The number of carbonyl (C=O) groups is 1. The zero-order valence-electron chi connectivity index (χ0n) is 17.0. The van der Waals surface area contributed by atoms with Gasteiger partial charge >= 0.3 is 6.09 Å². The number of halogens is 1. The zero-order chi connectivity index (χ0) is 22.8. The summed E-state index contributed by atoms with van der Waals surface area (Å²) in [5.74, 6) is 0.536. The minimum absolute atomic E-state index is 0.0541. The van der Waals surface area contributed by atoms with Gasteiger partial charge in [-0.25, -0.2) is 23.2 Å². The smallest absolute Gasteiger partial charge is 0.405 e. The number of aromatic nitrogens is 2. The van der Waals surface area contributed by atoms with Crippen molar-refractivity contribution in [3.05, 3.63) is 65.1 Å². The van der Waals surface area contributed by atoms with E-state index < -0.39 is 21.7 Å². The lowest BCUT2D eigenvalue weighted by molar-refractivity contribution is 0.174. The van der Waals surface area contributed by atoms with Gasteiger partial charge in [0.15, 0.2) is 5.76 Å². The lowest BCUT2D eigenvalue weighted by Crippen LogP contribution is -2.44. The van der Waals surface area contributed by atoms with Crippen molar-refractivity contribution in [1.29, 1.82) is 0 Å². The van der Waals surface area contributed by atoms with Gasteiger partial charge in [0.1, 0.15) is 16.5 Å². The Hall–Kier alpha value is -3.11. The van der Waals surface area contributed by atoms with Crippen LogP contribution in [0.5, 0.6) is 0 Å². The van der Waals surface area contributed by atoms with Crippen LogP contribution in [0.25, 0.3) is 11.5 Å². The molecule has 164 valence electrons. The summed E-state index contributed by atoms with van der Waals surface area (Å²) in [7, 11) is -2.20. The normalized spacial score (nSPS) is 13.4. The van der Waals surface area contributed by atoms with E-state index in [0.717, 1.165) is 16.1 Å². The van der Waals surface area contributed by atoms with E-state index in [1.165, 1.54) is 25.4 Å². The number of hydrogen-bond donors (Lipinski definition) is 2. The lowest BCUT2D eigenvalue weighted by atomic mass is 9.91. The van der Waals surface area contributed by atoms with E-state index in [0.29, 0.717) is 17.7 Å². The molecule has 2 N–H and O–H groups in total. The van der Waals surface area contributed by atoms with Crippen LogP contribution in [0.3, 0.4) is 0 Å². The largest absolute Gasteiger partial charge is 0.465 e. The maximum Gasteiger partial charge on any atom is 0.405 e. The minimum Gasteiger partial charge on any atom is -0.465 e. The van der Waals surface area contributed by atoms with Crippen molar-refractivity contribution < 1.29 is 22.7 Å². The SMILES string of the molecule is CN(c1cc(-c2ncc(C(C)(Cc3ccccc3)NC(=O)O)o2)cc(Cl)n1)S(C)(=O)=O. The van der Waals surface area contributed by atoms with Gasteiger partial charge in [0.05, 0.1) is 12.5 Å². The standard InChI is InChI=1S/C20H21ClN4O5S/c1-20(24-19(26)27,11-13-7-5-4-6-8-13)15-12-22-18(30-15)14-9-16(21)23-17(10-14)25(2)31(3,28)29/h4-10,12,24H,11H2,1-3H3,(H,26,27). The number of anilines is 1. The fourth-order valence-electron chi connectivity index (χ4n) is 3.03. The third-order valence-electron chi connectivity index (χ3n) is 4.68. The molecule has 0 bridgehead atoms. The molecule has 1 unspecified atom stereocenters. The summed E-state index contributed by atoms with van der Waals surface area (Å²) in [6.07, 6.45) is 1.60. The molecule has 2 aromatic heterocycles. The van der Waals surface area contributed by atoms with Crippen LogP contribution in [0.1, 0.15) is 18.2 Å². The summed E-state index contributed by atoms with van der Waals surface area (Å²) >= 11 is 6.07. The second-order valence-corrected chi connectivity index (χ2v) is 9.62. The molecule has 0 aliphatic carbocycles. The van der Waals surface area contributed by atoms with Gasteiger partial charge in [-0.1, -0.05) is 41.9 Å². The molecule has 11 heteroatoms. The summed E-state index contributed by atoms with van der Waals surface area (Å²) in [5, 5.41) is 11.9. The monoisotopic (exact) mass is 464 g/mol. The summed E-state index contributed by atoms with van der Waals surface area (Å²) in [4.78, 5) is 19.7. The molecule has 0 saturated heterocycles. The van der Waals surface area contributed by atoms with E-state index in [1.54, 1.807) is 6.92 Å². The average molecular weight is 465 g/mol. The topological polar surface area (TPSA) is 126 Å². The number of sulfonamides is 1. The Kier molecular flexibility index (Phi) is 6.23. The molecule has 0 radical (unpaired) electrons. The van der Waals surface area contributed by atoms with E-state index >= 15 is 0 Å². The number of benzene rings is 1. The van der Waals surface area contributed by atoms with E-state index in [2.05, 4.69) is 15.3 Å². The predicted molar refractivity (Wildman–Crippen MR) is 117 cm³/mol. The highest BCUT2D eigenvalue weighted by atomic mass is 35.5. The number of amides is 1. The van der Waals surface area contributed by atoms with Crippen LogP contribution in [0.15, 0.2) is 53.1 Å².